The van der Waals surface area contributed by atoms with Crippen molar-refractivity contribution in [1.82, 2.24) is 9.97 Å². The molecular weight excluding hydrogens is 280 g/mol. The van der Waals surface area contributed by atoms with Crippen LogP contribution < -0.4 is 21.3 Å². The van der Waals surface area contributed by atoms with Crippen molar-refractivity contribution in [2.45, 2.75) is 24.5 Å². The van der Waals surface area contributed by atoms with E-state index in [9.17, 15) is 10.2 Å². The SMILES string of the molecule is NCN1CN([C@@H]2O[C@H](CO)[C@@H](O)[C@H]2O)c2ncnc(N)c21. The second-order valence-corrected chi connectivity index (χ2v) is 4.99. The van der Waals surface area contributed by atoms with Crippen LogP contribution in [0.5, 0.6) is 0 Å². The third-order valence-electron chi connectivity index (χ3n) is 3.79. The molecule has 4 atom stereocenters. The van der Waals surface area contributed by atoms with E-state index in [1.54, 1.807) is 9.80 Å². The Morgan fingerprint density at radius 1 is 1.33 bits per heavy atom. The molecule has 0 unspecified atom stereocenters. The van der Waals surface area contributed by atoms with Crippen molar-refractivity contribution in [2.75, 3.05) is 35.5 Å². The van der Waals surface area contributed by atoms with E-state index in [2.05, 4.69) is 9.97 Å². The average molecular weight is 298 g/mol. The molecular formula is C11H18N6O4. The normalized spacial score (nSPS) is 31.8. The molecule has 0 amide bonds. The number of nitrogen functional groups attached to an aromatic ring is 1. The van der Waals surface area contributed by atoms with Crippen LogP contribution in [0.1, 0.15) is 0 Å². The van der Waals surface area contributed by atoms with Crippen LogP contribution in [0.3, 0.4) is 0 Å². The minimum Gasteiger partial charge on any atom is -0.394 e. The van der Waals surface area contributed by atoms with E-state index in [4.69, 9.17) is 21.3 Å². The molecule has 2 aliphatic rings. The highest BCUT2D eigenvalue weighted by molar-refractivity contribution is 5.81. The number of aliphatic hydroxyl groups excluding tert-OH is 3. The Kier molecular flexibility index (Phi) is 3.55. The van der Waals surface area contributed by atoms with Gasteiger partial charge in [0.25, 0.3) is 0 Å². The topological polar surface area (TPSA) is 154 Å². The van der Waals surface area contributed by atoms with E-state index in [0.29, 0.717) is 18.2 Å². The number of nitrogens with two attached hydrogens (primary N) is 2. The number of fused-ring (bicyclic) bond motifs is 1. The van der Waals surface area contributed by atoms with Gasteiger partial charge in [-0.2, -0.15) is 0 Å². The van der Waals surface area contributed by atoms with Gasteiger partial charge in [0.05, 0.1) is 19.9 Å². The van der Waals surface area contributed by atoms with Crippen LogP contribution in [-0.4, -0.2) is 69.8 Å². The van der Waals surface area contributed by atoms with E-state index in [0.717, 1.165) is 0 Å². The number of ether oxygens (including phenoxy) is 1. The molecule has 116 valence electrons. The Labute approximate surface area is 120 Å². The van der Waals surface area contributed by atoms with Gasteiger partial charge in [-0.25, -0.2) is 9.97 Å². The third-order valence-corrected chi connectivity index (χ3v) is 3.79. The zero-order valence-electron chi connectivity index (χ0n) is 11.2. The lowest BCUT2D eigenvalue weighted by atomic mass is 10.1. The molecule has 1 saturated heterocycles. The Morgan fingerprint density at radius 3 is 2.71 bits per heavy atom. The molecule has 1 aromatic heterocycles. The maximum Gasteiger partial charge on any atom is 0.162 e. The van der Waals surface area contributed by atoms with Gasteiger partial charge >= 0.3 is 0 Å². The quantitative estimate of drug-likeness (QED) is 0.390. The number of rotatable bonds is 3. The molecule has 0 bridgehead atoms. The molecule has 1 aromatic rings. The number of nitrogens with zero attached hydrogens (tertiary/aromatic N) is 4. The summed E-state index contributed by atoms with van der Waals surface area (Å²) in [6.07, 6.45) is -2.73. The van der Waals surface area contributed by atoms with Gasteiger partial charge in [-0.05, 0) is 0 Å². The molecule has 0 aliphatic carbocycles. The van der Waals surface area contributed by atoms with Crippen molar-refractivity contribution in [2.24, 2.45) is 5.73 Å². The molecule has 21 heavy (non-hydrogen) atoms. The number of anilines is 3. The summed E-state index contributed by atoms with van der Waals surface area (Å²) < 4.78 is 5.52. The van der Waals surface area contributed by atoms with Gasteiger partial charge in [0, 0.05) is 0 Å². The van der Waals surface area contributed by atoms with Crippen LogP contribution in [-0.2, 0) is 4.74 Å². The molecule has 7 N–H and O–H groups in total. The molecule has 3 heterocycles. The lowest BCUT2D eigenvalue weighted by molar-refractivity contribution is -0.0222. The van der Waals surface area contributed by atoms with Crippen LogP contribution in [0.15, 0.2) is 6.33 Å². The van der Waals surface area contributed by atoms with Crippen molar-refractivity contribution < 1.29 is 20.1 Å². The molecule has 0 saturated carbocycles. The maximum absolute atomic E-state index is 10.1. The summed E-state index contributed by atoms with van der Waals surface area (Å²) in [5.74, 6) is 0.752. The first kappa shape index (κ1) is 14.2. The number of hydrogen-bond acceptors (Lipinski definition) is 10. The summed E-state index contributed by atoms with van der Waals surface area (Å²) in [6.45, 7) is 0.0964. The predicted molar refractivity (Wildman–Crippen MR) is 73.1 cm³/mol. The van der Waals surface area contributed by atoms with Gasteiger partial charge in [0.15, 0.2) is 17.9 Å². The summed E-state index contributed by atoms with van der Waals surface area (Å²) in [5.41, 5.74) is 12.1. The minimum atomic E-state index is -1.18. The van der Waals surface area contributed by atoms with Crippen LogP contribution >= 0.6 is 0 Å². The third kappa shape index (κ3) is 2.08. The second kappa shape index (κ2) is 5.24. The molecule has 0 spiro atoms. The monoisotopic (exact) mass is 298 g/mol. The van der Waals surface area contributed by atoms with Crippen molar-refractivity contribution in [1.29, 1.82) is 0 Å². The fourth-order valence-electron chi connectivity index (χ4n) is 2.71. The minimum absolute atomic E-state index is 0.190. The summed E-state index contributed by atoms with van der Waals surface area (Å²) in [6, 6.07) is 0. The van der Waals surface area contributed by atoms with Crippen molar-refractivity contribution in [3.05, 3.63) is 6.33 Å². The molecule has 0 radical (unpaired) electrons. The van der Waals surface area contributed by atoms with Gasteiger partial charge in [0.2, 0.25) is 0 Å². The largest absolute Gasteiger partial charge is 0.394 e. The first-order chi connectivity index (χ1) is 10.1. The zero-order chi connectivity index (χ0) is 15.1. The number of hydrogen-bond donors (Lipinski definition) is 5. The molecule has 3 rings (SSSR count). The fourth-order valence-corrected chi connectivity index (χ4v) is 2.71. The van der Waals surface area contributed by atoms with E-state index in [-0.39, 0.29) is 19.1 Å². The standard InChI is InChI=1S/C11H18N6O4/c12-2-16-4-17(10-6(16)9(13)14-3-15-10)11-8(20)7(19)5(1-18)21-11/h3,5,7-8,11,18-20H,1-2,4,12H2,(H2,13,14,15)/t5-,7-,8-,11-/m1/s1. The summed E-state index contributed by atoms with van der Waals surface area (Å²) >= 11 is 0. The smallest absolute Gasteiger partial charge is 0.162 e. The van der Waals surface area contributed by atoms with Gasteiger partial charge in [-0.15, -0.1) is 0 Å². The average Bonchev–Trinajstić information content (AvgIpc) is 2.99. The van der Waals surface area contributed by atoms with Crippen LogP contribution in [0.2, 0.25) is 0 Å². The van der Waals surface area contributed by atoms with Crippen molar-refractivity contribution in [3.8, 4) is 0 Å². The molecule has 10 heteroatoms. The number of aliphatic hydroxyl groups is 3. The van der Waals surface area contributed by atoms with E-state index in [1.165, 1.54) is 6.33 Å². The van der Waals surface area contributed by atoms with Gasteiger partial charge in [-0.3, -0.25) is 0 Å². The fraction of sp³-hybridized carbons (Fsp3) is 0.636. The van der Waals surface area contributed by atoms with Gasteiger partial charge in [0.1, 0.15) is 30.3 Å². The number of aromatic nitrogens is 2. The lowest BCUT2D eigenvalue weighted by Gasteiger charge is -2.27. The second-order valence-electron chi connectivity index (χ2n) is 4.99. The van der Waals surface area contributed by atoms with E-state index in [1.807, 2.05) is 0 Å². The lowest BCUT2D eigenvalue weighted by Crippen LogP contribution is -2.46. The first-order valence-electron chi connectivity index (χ1n) is 6.53. The Morgan fingerprint density at radius 2 is 2.10 bits per heavy atom. The van der Waals surface area contributed by atoms with Crippen molar-refractivity contribution >= 4 is 17.3 Å². The van der Waals surface area contributed by atoms with E-state index < -0.39 is 24.5 Å². The molecule has 10 nitrogen and oxygen atoms in total. The summed E-state index contributed by atoms with van der Waals surface area (Å²) in [5, 5.41) is 29.1. The Balaban J connectivity index is 1.94. The van der Waals surface area contributed by atoms with E-state index >= 15 is 0 Å². The molecule has 2 aliphatic heterocycles. The zero-order valence-corrected chi connectivity index (χ0v) is 11.2. The van der Waals surface area contributed by atoms with Gasteiger partial charge < -0.3 is 41.3 Å². The summed E-state index contributed by atoms with van der Waals surface area (Å²) in [7, 11) is 0. The Hall–Kier alpha value is -1.72. The van der Waals surface area contributed by atoms with Gasteiger partial charge in [-0.1, -0.05) is 0 Å². The highest BCUT2D eigenvalue weighted by Crippen LogP contribution is 2.40. The highest BCUT2D eigenvalue weighted by Gasteiger charge is 2.48. The Bertz CT molecular complexity index is 531. The first-order valence-corrected chi connectivity index (χ1v) is 6.53. The maximum atomic E-state index is 10.1. The molecule has 0 aromatic carbocycles. The molecule has 1 fully saturated rings. The van der Waals surface area contributed by atoms with Crippen LogP contribution in [0.4, 0.5) is 17.3 Å². The predicted octanol–water partition coefficient (Wildman–Crippen LogP) is -3.00. The highest BCUT2D eigenvalue weighted by atomic mass is 16.6. The summed E-state index contributed by atoms with van der Waals surface area (Å²) in [4.78, 5) is 11.5. The van der Waals surface area contributed by atoms with Crippen molar-refractivity contribution in [3.63, 3.8) is 0 Å². The van der Waals surface area contributed by atoms with Crippen LogP contribution in [0, 0.1) is 0 Å². The van der Waals surface area contributed by atoms with Crippen LogP contribution in [0.25, 0.3) is 0 Å².